The van der Waals surface area contributed by atoms with Crippen molar-refractivity contribution in [2.75, 3.05) is 6.54 Å². The Bertz CT molecular complexity index is 1460. The van der Waals surface area contributed by atoms with Crippen LogP contribution >= 0.6 is 0 Å². The van der Waals surface area contributed by atoms with E-state index in [-0.39, 0.29) is 30.9 Å². The lowest BCUT2D eigenvalue weighted by atomic mass is 10.0. The lowest BCUT2D eigenvalue weighted by Gasteiger charge is -2.25. The highest BCUT2D eigenvalue weighted by Crippen LogP contribution is 2.20. The Balaban J connectivity index is 1.58. The van der Waals surface area contributed by atoms with Gasteiger partial charge < -0.3 is 41.6 Å². The van der Waals surface area contributed by atoms with Crippen LogP contribution in [0.5, 0.6) is 5.75 Å². The maximum Gasteiger partial charge on any atom is 0.326 e. The van der Waals surface area contributed by atoms with E-state index >= 15 is 0 Å². The van der Waals surface area contributed by atoms with Crippen LogP contribution in [-0.4, -0.2) is 80.7 Å². The van der Waals surface area contributed by atoms with Crippen LogP contribution in [0.25, 0.3) is 10.9 Å². The molecule has 8 N–H and O–H groups in total. The van der Waals surface area contributed by atoms with Gasteiger partial charge in [0.1, 0.15) is 23.9 Å². The molecule has 4 rings (SSSR count). The van der Waals surface area contributed by atoms with E-state index in [1.54, 1.807) is 18.3 Å². The molecule has 2 heterocycles. The molecule has 43 heavy (non-hydrogen) atoms. The van der Waals surface area contributed by atoms with Crippen LogP contribution in [0.1, 0.15) is 36.8 Å². The number of nitrogens with one attached hydrogen (secondary N) is 5. The number of aromatic amines is 1. The first-order valence-corrected chi connectivity index (χ1v) is 14.0. The normalized spacial score (nSPS) is 16.6. The van der Waals surface area contributed by atoms with Gasteiger partial charge in [0, 0.05) is 36.4 Å². The molecule has 1 saturated heterocycles. The number of carboxylic acids is 2. The number of carboxylic acid groups (broad SMARTS) is 2. The van der Waals surface area contributed by atoms with Gasteiger partial charge in [-0.15, -0.1) is 0 Å². The van der Waals surface area contributed by atoms with E-state index in [4.69, 9.17) is 5.11 Å². The minimum atomic E-state index is -1.50. The minimum absolute atomic E-state index is 0.00423. The molecule has 1 aromatic heterocycles. The van der Waals surface area contributed by atoms with Crippen LogP contribution in [0.3, 0.4) is 0 Å². The van der Waals surface area contributed by atoms with Gasteiger partial charge in [-0.2, -0.15) is 0 Å². The number of aromatic hydroxyl groups is 1. The molecule has 0 bridgehead atoms. The lowest BCUT2D eigenvalue weighted by Crippen LogP contribution is -2.58. The molecule has 3 amide bonds. The van der Waals surface area contributed by atoms with Gasteiger partial charge in [-0.25, -0.2) is 4.79 Å². The van der Waals surface area contributed by atoms with E-state index in [0.29, 0.717) is 18.5 Å². The average Bonchev–Trinajstić information content (AvgIpc) is 3.66. The van der Waals surface area contributed by atoms with Crippen molar-refractivity contribution < 1.29 is 39.3 Å². The maximum absolute atomic E-state index is 13.8. The standard InChI is InChI=1S/C30H35N5O8/c36-19-9-7-17(8-10-19)14-24(28(40)33-23(30(42)43)11-12-26(37)38)34-29(41)25(35-27(39)22-6-3-13-31-22)15-18-16-32-21-5-2-1-4-20(18)21/h1-2,4-5,7-10,16,22-25,31-32,36H,3,6,11-15H2,(H,33,40)(H,34,41)(H,35,39)(H,37,38)(H,42,43). The van der Waals surface area contributed by atoms with Crippen molar-refractivity contribution in [3.05, 3.63) is 65.9 Å². The minimum Gasteiger partial charge on any atom is -0.508 e. The van der Waals surface area contributed by atoms with Crippen molar-refractivity contribution in [1.29, 1.82) is 0 Å². The van der Waals surface area contributed by atoms with Crippen molar-refractivity contribution >= 4 is 40.6 Å². The number of para-hydroxylation sites is 1. The zero-order chi connectivity index (χ0) is 30.9. The molecule has 13 nitrogen and oxygen atoms in total. The number of aliphatic carboxylic acids is 2. The molecular formula is C30H35N5O8. The number of phenols is 1. The highest BCUT2D eigenvalue weighted by molar-refractivity contribution is 5.95. The summed E-state index contributed by atoms with van der Waals surface area (Å²) in [6, 6.07) is 9.11. The Hall–Kier alpha value is -4.91. The average molecular weight is 594 g/mol. The third-order valence-corrected chi connectivity index (χ3v) is 7.38. The van der Waals surface area contributed by atoms with E-state index in [9.17, 15) is 34.2 Å². The zero-order valence-corrected chi connectivity index (χ0v) is 23.3. The number of hydrogen-bond donors (Lipinski definition) is 8. The zero-order valence-electron chi connectivity index (χ0n) is 23.3. The summed E-state index contributed by atoms with van der Waals surface area (Å²) in [7, 11) is 0. The summed E-state index contributed by atoms with van der Waals surface area (Å²) in [5.74, 6) is -4.49. The van der Waals surface area contributed by atoms with Gasteiger partial charge in [-0.1, -0.05) is 30.3 Å². The summed E-state index contributed by atoms with van der Waals surface area (Å²) >= 11 is 0. The van der Waals surface area contributed by atoms with Crippen LogP contribution in [0.4, 0.5) is 0 Å². The molecule has 0 radical (unpaired) electrons. The van der Waals surface area contributed by atoms with E-state index in [2.05, 4.69) is 26.3 Å². The maximum atomic E-state index is 13.8. The number of phenolic OH excluding ortho intramolecular Hbond substituents is 1. The quantitative estimate of drug-likeness (QED) is 0.133. The molecule has 2 aromatic carbocycles. The predicted octanol–water partition coefficient (Wildman–Crippen LogP) is 0.815. The number of carbonyl (C=O) groups is 5. The molecule has 1 aliphatic rings. The third kappa shape index (κ3) is 8.55. The molecule has 0 spiro atoms. The Morgan fingerprint density at radius 3 is 2.19 bits per heavy atom. The van der Waals surface area contributed by atoms with Crippen molar-refractivity contribution in [2.45, 2.75) is 62.7 Å². The van der Waals surface area contributed by atoms with Crippen LogP contribution in [-0.2, 0) is 36.8 Å². The summed E-state index contributed by atoms with van der Waals surface area (Å²) in [6.45, 7) is 0.679. The van der Waals surface area contributed by atoms with Gasteiger partial charge in [-0.3, -0.25) is 19.2 Å². The Morgan fingerprint density at radius 2 is 1.53 bits per heavy atom. The monoisotopic (exact) mass is 593 g/mol. The van der Waals surface area contributed by atoms with Crippen LogP contribution in [0.15, 0.2) is 54.7 Å². The summed E-state index contributed by atoms with van der Waals surface area (Å²) in [6.07, 6.45) is 2.39. The van der Waals surface area contributed by atoms with Gasteiger partial charge >= 0.3 is 11.9 Å². The number of rotatable bonds is 14. The number of H-pyrrole nitrogens is 1. The summed E-state index contributed by atoms with van der Waals surface area (Å²) in [5, 5.41) is 40.0. The predicted molar refractivity (Wildman–Crippen MR) is 155 cm³/mol. The molecule has 4 unspecified atom stereocenters. The topological polar surface area (TPSA) is 210 Å². The fourth-order valence-electron chi connectivity index (χ4n) is 5.06. The second-order valence-corrected chi connectivity index (χ2v) is 10.5. The molecule has 1 fully saturated rings. The van der Waals surface area contributed by atoms with E-state index in [1.165, 1.54) is 12.1 Å². The second kappa shape index (κ2) is 14.3. The van der Waals surface area contributed by atoms with Crippen molar-refractivity contribution in [3.8, 4) is 5.75 Å². The highest BCUT2D eigenvalue weighted by Gasteiger charge is 2.32. The summed E-state index contributed by atoms with van der Waals surface area (Å²) in [4.78, 5) is 66.1. The number of amides is 3. The molecule has 3 aromatic rings. The van der Waals surface area contributed by atoms with Crippen molar-refractivity contribution in [3.63, 3.8) is 0 Å². The molecule has 1 aliphatic heterocycles. The molecule has 228 valence electrons. The van der Waals surface area contributed by atoms with Crippen LogP contribution < -0.4 is 21.3 Å². The molecular weight excluding hydrogens is 558 g/mol. The SMILES string of the molecule is O=C(O)CCC(NC(=O)C(Cc1ccc(O)cc1)NC(=O)C(Cc1c[nH]c2ccccc12)NC(=O)C1CCCN1)C(=O)O. The van der Waals surface area contributed by atoms with Gasteiger partial charge in [-0.05, 0) is 55.1 Å². The first-order valence-electron chi connectivity index (χ1n) is 14.0. The van der Waals surface area contributed by atoms with Crippen LogP contribution in [0, 0.1) is 0 Å². The van der Waals surface area contributed by atoms with Gasteiger partial charge in [0.05, 0.1) is 6.04 Å². The Kier molecular flexibility index (Phi) is 10.3. The third-order valence-electron chi connectivity index (χ3n) is 7.38. The Labute approximate surface area is 247 Å². The second-order valence-electron chi connectivity index (χ2n) is 10.5. The first-order chi connectivity index (χ1) is 20.6. The van der Waals surface area contributed by atoms with Gasteiger partial charge in [0.2, 0.25) is 17.7 Å². The molecule has 4 atom stereocenters. The van der Waals surface area contributed by atoms with E-state index in [1.807, 2.05) is 24.3 Å². The largest absolute Gasteiger partial charge is 0.508 e. The number of carbonyl (C=O) groups excluding carboxylic acids is 3. The molecule has 13 heteroatoms. The number of hydrogen-bond acceptors (Lipinski definition) is 7. The van der Waals surface area contributed by atoms with Crippen molar-refractivity contribution in [2.24, 2.45) is 0 Å². The van der Waals surface area contributed by atoms with Crippen LogP contribution in [0.2, 0.25) is 0 Å². The summed E-state index contributed by atoms with van der Waals surface area (Å²) in [5.41, 5.74) is 2.18. The van der Waals surface area contributed by atoms with Crippen molar-refractivity contribution in [1.82, 2.24) is 26.3 Å². The fraction of sp³-hybridized carbons (Fsp3) is 0.367. The van der Waals surface area contributed by atoms with E-state index in [0.717, 1.165) is 22.9 Å². The fourth-order valence-corrected chi connectivity index (χ4v) is 5.06. The van der Waals surface area contributed by atoms with E-state index < -0.39 is 54.3 Å². The Morgan fingerprint density at radius 1 is 0.860 bits per heavy atom. The highest BCUT2D eigenvalue weighted by atomic mass is 16.4. The number of fused-ring (bicyclic) bond motifs is 1. The molecule has 0 saturated carbocycles. The lowest BCUT2D eigenvalue weighted by molar-refractivity contribution is -0.143. The van der Waals surface area contributed by atoms with Gasteiger partial charge in [0.25, 0.3) is 0 Å². The molecule has 0 aliphatic carbocycles. The van der Waals surface area contributed by atoms with Gasteiger partial charge in [0.15, 0.2) is 0 Å². The number of aromatic nitrogens is 1. The first kappa shape index (κ1) is 31.0. The smallest absolute Gasteiger partial charge is 0.326 e. The summed E-state index contributed by atoms with van der Waals surface area (Å²) < 4.78 is 0. The number of benzene rings is 2.